The summed E-state index contributed by atoms with van der Waals surface area (Å²) in [4.78, 5) is 11.7. The molecule has 0 aliphatic carbocycles. The number of nitrogens with one attached hydrogen (secondary N) is 1. The molecule has 0 saturated carbocycles. The Balaban J connectivity index is 2.71. The van der Waals surface area contributed by atoms with Crippen molar-refractivity contribution in [2.75, 3.05) is 11.9 Å². The summed E-state index contributed by atoms with van der Waals surface area (Å²) in [6.07, 6.45) is -5.12. The summed E-state index contributed by atoms with van der Waals surface area (Å²) in [7, 11) is 0. The molecule has 1 aromatic rings. The van der Waals surface area contributed by atoms with Crippen LogP contribution in [0.3, 0.4) is 0 Å². The number of anilines is 1. The Morgan fingerprint density at radius 2 is 1.84 bits per heavy atom. The second-order valence-corrected chi connectivity index (χ2v) is 4.47. The minimum absolute atomic E-state index is 0.484. The SMILES string of the molecule is Cc1ccc(NC(=O)[C@@H](O)[C@H](O)[C@H](O)CO)cc1C. The maximum atomic E-state index is 11.7. The number of carbonyl (C=O) groups excluding carboxylic acids is 1. The molecule has 5 N–H and O–H groups in total. The van der Waals surface area contributed by atoms with E-state index in [2.05, 4.69) is 5.32 Å². The molecule has 0 aromatic heterocycles. The Morgan fingerprint density at radius 1 is 1.21 bits per heavy atom. The van der Waals surface area contributed by atoms with E-state index in [1.807, 2.05) is 19.9 Å². The fourth-order valence-corrected chi connectivity index (χ4v) is 1.51. The highest BCUT2D eigenvalue weighted by Crippen LogP contribution is 2.15. The van der Waals surface area contributed by atoms with Crippen molar-refractivity contribution in [3.63, 3.8) is 0 Å². The predicted octanol–water partition coefficient (Wildman–Crippen LogP) is -0.683. The Bertz CT molecular complexity index is 449. The van der Waals surface area contributed by atoms with Crippen molar-refractivity contribution in [3.05, 3.63) is 29.3 Å². The third-order valence-electron chi connectivity index (χ3n) is 2.95. The van der Waals surface area contributed by atoms with Gasteiger partial charge < -0.3 is 25.7 Å². The van der Waals surface area contributed by atoms with Crippen LogP contribution >= 0.6 is 0 Å². The van der Waals surface area contributed by atoms with Gasteiger partial charge in [0.1, 0.15) is 12.2 Å². The minimum Gasteiger partial charge on any atom is -0.394 e. The highest BCUT2D eigenvalue weighted by atomic mass is 16.4. The fraction of sp³-hybridized carbons (Fsp3) is 0.462. The second kappa shape index (κ2) is 6.63. The van der Waals surface area contributed by atoms with E-state index in [9.17, 15) is 15.0 Å². The van der Waals surface area contributed by atoms with E-state index in [0.29, 0.717) is 5.69 Å². The van der Waals surface area contributed by atoms with Crippen LogP contribution in [0.5, 0.6) is 0 Å². The topological polar surface area (TPSA) is 110 Å². The number of hydrogen-bond donors (Lipinski definition) is 5. The van der Waals surface area contributed by atoms with Gasteiger partial charge in [-0.3, -0.25) is 4.79 Å². The Hall–Kier alpha value is -1.47. The molecule has 0 aliphatic heterocycles. The Morgan fingerprint density at radius 3 is 2.37 bits per heavy atom. The zero-order valence-electron chi connectivity index (χ0n) is 10.9. The summed E-state index contributed by atoms with van der Waals surface area (Å²) in [5, 5.41) is 39.2. The van der Waals surface area contributed by atoms with E-state index >= 15 is 0 Å². The minimum atomic E-state index is -1.82. The Labute approximate surface area is 111 Å². The largest absolute Gasteiger partial charge is 0.394 e. The molecule has 0 heterocycles. The van der Waals surface area contributed by atoms with Crippen LogP contribution < -0.4 is 5.32 Å². The predicted molar refractivity (Wildman–Crippen MR) is 69.7 cm³/mol. The van der Waals surface area contributed by atoms with Crippen molar-refractivity contribution in [1.82, 2.24) is 0 Å². The summed E-state index contributed by atoms with van der Waals surface area (Å²) in [5.74, 6) is -0.844. The van der Waals surface area contributed by atoms with Crippen molar-refractivity contribution < 1.29 is 25.2 Å². The number of rotatable bonds is 5. The van der Waals surface area contributed by atoms with Gasteiger partial charge in [0.25, 0.3) is 5.91 Å². The van der Waals surface area contributed by atoms with Crippen molar-refractivity contribution in [1.29, 1.82) is 0 Å². The van der Waals surface area contributed by atoms with Gasteiger partial charge in [-0.25, -0.2) is 0 Å². The lowest BCUT2D eigenvalue weighted by atomic mass is 10.1. The molecule has 3 atom stereocenters. The third-order valence-corrected chi connectivity index (χ3v) is 2.95. The molecule has 0 aliphatic rings. The van der Waals surface area contributed by atoms with Gasteiger partial charge in [0.2, 0.25) is 0 Å². The molecule has 1 rings (SSSR count). The van der Waals surface area contributed by atoms with Gasteiger partial charge >= 0.3 is 0 Å². The molecule has 0 unspecified atom stereocenters. The van der Waals surface area contributed by atoms with Gasteiger partial charge in [-0.15, -0.1) is 0 Å². The zero-order chi connectivity index (χ0) is 14.6. The summed E-state index contributed by atoms with van der Waals surface area (Å²) in [5.41, 5.74) is 2.52. The maximum Gasteiger partial charge on any atom is 0.256 e. The van der Waals surface area contributed by atoms with E-state index < -0.39 is 30.8 Å². The monoisotopic (exact) mass is 269 g/mol. The molecule has 0 radical (unpaired) electrons. The van der Waals surface area contributed by atoms with E-state index in [0.717, 1.165) is 11.1 Å². The lowest BCUT2D eigenvalue weighted by Gasteiger charge is -2.21. The standard InChI is InChI=1S/C13H19NO5/c1-7-3-4-9(5-8(7)2)14-13(19)12(18)11(17)10(16)6-15/h3-5,10-12,15-18H,6H2,1-2H3,(H,14,19)/t10-,11-,12+/m1/s1. The number of carbonyl (C=O) groups is 1. The highest BCUT2D eigenvalue weighted by Gasteiger charge is 2.29. The molecule has 106 valence electrons. The van der Waals surface area contributed by atoms with Crippen LogP contribution in [0.4, 0.5) is 5.69 Å². The first-order chi connectivity index (χ1) is 8.86. The molecule has 0 spiro atoms. The van der Waals surface area contributed by atoms with E-state index in [4.69, 9.17) is 10.2 Å². The van der Waals surface area contributed by atoms with E-state index in [1.54, 1.807) is 12.1 Å². The molecular weight excluding hydrogens is 250 g/mol. The molecule has 6 nitrogen and oxygen atoms in total. The summed E-state index contributed by atoms with van der Waals surface area (Å²) >= 11 is 0. The normalized spacial score (nSPS) is 15.7. The van der Waals surface area contributed by atoms with Crippen LogP contribution in [-0.2, 0) is 4.79 Å². The molecule has 0 saturated heterocycles. The summed E-state index contributed by atoms with van der Waals surface area (Å²) < 4.78 is 0. The third kappa shape index (κ3) is 4.00. The molecule has 0 bridgehead atoms. The van der Waals surface area contributed by atoms with Crippen molar-refractivity contribution >= 4 is 11.6 Å². The maximum absolute atomic E-state index is 11.7. The summed E-state index contributed by atoms with van der Waals surface area (Å²) in [6, 6.07) is 5.22. The van der Waals surface area contributed by atoms with Gasteiger partial charge in [0, 0.05) is 5.69 Å². The van der Waals surface area contributed by atoms with Crippen LogP contribution in [-0.4, -0.2) is 51.3 Å². The van der Waals surface area contributed by atoms with Crippen LogP contribution in [0.25, 0.3) is 0 Å². The number of aryl methyl sites for hydroxylation is 2. The molecular formula is C13H19NO5. The molecule has 19 heavy (non-hydrogen) atoms. The second-order valence-electron chi connectivity index (χ2n) is 4.47. The lowest BCUT2D eigenvalue weighted by Crippen LogP contribution is -2.46. The molecule has 6 heteroatoms. The average molecular weight is 269 g/mol. The first-order valence-corrected chi connectivity index (χ1v) is 5.90. The average Bonchev–Trinajstić information content (AvgIpc) is 2.40. The van der Waals surface area contributed by atoms with Crippen LogP contribution in [0.2, 0.25) is 0 Å². The van der Waals surface area contributed by atoms with E-state index in [1.165, 1.54) is 0 Å². The van der Waals surface area contributed by atoms with Gasteiger partial charge in [0.15, 0.2) is 6.10 Å². The number of benzene rings is 1. The number of aliphatic hydroxyl groups is 4. The zero-order valence-corrected chi connectivity index (χ0v) is 10.9. The first kappa shape index (κ1) is 15.6. The van der Waals surface area contributed by atoms with Crippen LogP contribution in [0, 0.1) is 13.8 Å². The van der Waals surface area contributed by atoms with Crippen molar-refractivity contribution in [2.45, 2.75) is 32.2 Å². The number of amides is 1. The van der Waals surface area contributed by atoms with Gasteiger partial charge in [-0.2, -0.15) is 0 Å². The van der Waals surface area contributed by atoms with Crippen LogP contribution in [0.15, 0.2) is 18.2 Å². The quantitative estimate of drug-likeness (QED) is 0.486. The highest BCUT2D eigenvalue weighted by molar-refractivity contribution is 5.94. The number of aliphatic hydroxyl groups excluding tert-OH is 4. The first-order valence-electron chi connectivity index (χ1n) is 5.90. The molecule has 1 amide bonds. The van der Waals surface area contributed by atoms with Gasteiger partial charge in [-0.05, 0) is 37.1 Å². The number of hydrogen-bond acceptors (Lipinski definition) is 5. The Kier molecular flexibility index (Phi) is 5.44. The fourth-order valence-electron chi connectivity index (χ4n) is 1.51. The van der Waals surface area contributed by atoms with Gasteiger partial charge in [-0.1, -0.05) is 6.07 Å². The van der Waals surface area contributed by atoms with Crippen molar-refractivity contribution in [2.24, 2.45) is 0 Å². The molecule has 1 aromatic carbocycles. The van der Waals surface area contributed by atoms with Gasteiger partial charge in [0.05, 0.1) is 6.61 Å². The van der Waals surface area contributed by atoms with Crippen molar-refractivity contribution in [3.8, 4) is 0 Å². The smallest absolute Gasteiger partial charge is 0.256 e. The van der Waals surface area contributed by atoms with Crippen LogP contribution in [0.1, 0.15) is 11.1 Å². The summed E-state index contributed by atoms with van der Waals surface area (Å²) in [6.45, 7) is 3.07. The lowest BCUT2D eigenvalue weighted by molar-refractivity contribution is -0.137. The molecule has 0 fully saturated rings. The van der Waals surface area contributed by atoms with E-state index in [-0.39, 0.29) is 0 Å².